The maximum Gasteiger partial charge on any atom is 0.313 e. The Kier molecular flexibility index (Phi) is 5.67. The number of anilines is 2. The number of hydrogen-bond acceptors (Lipinski definition) is 3. The molecule has 130 valence electrons. The zero-order chi connectivity index (χ0) is 17.5. The lowest BCUT2D eigenvalue weighted by Crippen LogP contribution is -2.35. The molecule has 0 bridgehead atoms. The van der Waals surface area contributed by atoms with E-state index in [9.17, 15) is 9.59 Å². The summed E-state index contributed by atoms with van der Waals surface area (Å²) >= 11 is 0. The fourth-order valence-electron chi connectivity index (χ4n) is 2.95. The molecule has 1 heterocycles. The van der Waals surface area contributed by atoms with Gasteiger partial charge in [0.25, 0.3) is 0 Å². The Hall–Kier alpha value is -2.82. The fourth-order valence-corrected chi connectivity index (χ4v) is 2.95. The van der Waals surface area contributed by atoms with Crippen LogP contribution >= 0.6 is 0 Å². The van der Waals surface area contributed by atoms with Crippen LogP contribution in [-0.2, 0) is 16.1 Å². The summed E-state index contributed by atoms with van der Waals surface area (Å²) in [5.74, 6) is -1.29. The number of amides is 2. The number of benzene rings is 2. The molecule has 25 heavy (non-hydrogen) atoms. The summed E-state index contributed by atoms with van der Waals surface area (Å²) in [6, 6.07) is 17.2. The van der Waals surface area contributed by atoms with Crippen LogP contribution in [-0.4, -0.2) is 24.9 Å². The van der Waals surface area contributed by atoms with Crippen molar-refractivity contribution < 1.29 is 9.59 Å². The first kappa shape index (κ1) is 17.0. The van der Waals surface area contributed by atoms with Crippen LogP contribution in [0.5, 0.6) is 0 Å². The van der Waals surface area contributed by atoms with E-state index in [0.29, 0.717) is 12.2 Å². The first-order chi connectivity index (χ1) is 12.2. The first-order valence-corrected chi connectivity index (χ1v) is 8.70. The van der Waals surface area contributed by atoms with E-state index >= 15 is 0 Å². The second-order valence-electron chi connectivity index (χ2n) is 6.22. The molecule has 2 aromatic carbocycles. The molecule has 5 nitrogen and oxygen atoms in total. The topological polar surface area (TPSA) is 61.4 Å². The van der Waals surface area contributed by atoms with Crippen molar-refractivity contribution in [1.29, 1.82) is 0 Å². The number of hydrogen-bond donors (Lipinski definition) is 2. The van der Waals surface area contributed by atoms with Gasteiger partial charge in [0.2, 0.25) is 0 Å². The van der Waals surface area contributed by atoms with Crippen molar-refractivity contribution in [3.05, 3.63) is 60.2 Å². The minimum atomic E-state index is -0.651. The summed E-state index contributed by atoms with van der Waals surface area (Å²) in [4.78, 5) is 26.2. The minimum Gasteiger partial charge on any atom is -0.372 e. The summed E-state index contributed by atoms with van der Waals surface area (Å²) < 4.78 is 0. The molecule has 1 aliphatic heterocycles. The van der Waals surface area contributed by atoms with E-state index < -0.39 is 11.8 Å². The fraction of sp³-hybridized carbons (Fsp3) is 0.300. The molecule has 2 aromatic rings. The monoisotopic (exact) mass is 337 g/mol. The van der Waals surface area contributed by atoms with E-state index in [1.165, 1.54) is 19.3 Å². The van der Waals surface area contributed by atoms with Crippen molar-refractivity contribution in [1.82, 2.24) is 5.32 Å². The van der Waals surface area contributed by atoms with Gasteiger partial charge < -0.3 is 15.5 Å². The molecule has 5 heteroatoms. The Labute approximate surface area is 148 Å². The highest BCUT2D eigenvalue weighted by Crippen LogP contribution is 2.21. The van der Waals surface area contributed by atoms with Gasteiger partial charge in [-0.15, -0.1) is 0 Å². The number of piperidine rings is 1. The number of nitrogens with zero attached hydrogens (tertiary/aromatic N) is 1. The van der Waals surface area contributed by atoms with Crippen molar-refractivity contribution in [2.75, 3.05) is 23.3 Å². The Balaban J connectivity index is 1.50. The molecule has 2 N–H and O–H groups in total. The quantitative estimate of drug-likeness (QED) is 0.843. The molecule has 0 radical (unpaired) electrons. The van der Waals surface area contributed by atoms with Gasteiger partial charge >= 0.3 is 11.8 Å². The van der Waals surface area contributed by atoms with Crippen molar-refractivity contribution in [2.45, 2.75) is 25.8 Å². The highest BCUT2D eigenvalue weighted by Gasteiger charge is 2.14. The molecule has 3 rings (SSSR count). The third kappa shape index (κ3) is 4.83. The summed E-state index contributed by atoms with van der Waals surface area (Å²) in [5, 5.41) is 5.26. The molecule has 0 aliphatic carbocycles. The van der Waals surface area contributed by atoms with E-state index in [-0.39, 0.29) is 0 Å². The third-order valence-corrected chi connectivity index (χ3v) is 4.35. The molecular formula is C20H23N3O2. The average molecular weight is 337 g/mol. The second-order valence-corrected chi connectivity index (χ2v) is 6.22. The Morgan fingerprint density at radius 1 is 0.840 bits per heavy atom. The predicted octanol–water partition coefficient (Wildman–Crippen LogP) is 2.93. The van der Waals surface area contributed by atoms with Crippen LogP contribution in [0, 0.1) is 0 Å². The molecule has 1 fully saturated rings. The molecule has 1 saturated heterocycles. The SMILES string of the molecule is O=C(NCc1ccccc1)C(=O)Nc1ccc(N2CCCCC2)cc1. The zero-order valence-electron chi connectivity index (χ0n) is 14.2. The summed E-state index contributed by atoms with van der Waals surface area (Å²) in [6.45, 7) is 2.49. The minimum absolute atomic E-state index is 0.334. The smallest absolute Gasteiger partial charge is 0.313 e. The zero-order valence-corrected chi connectivity index (χ0v) is 14.2. The van der Waals surface area contributed by atoms with Crippen LogP contribution < -0.4 is 15.5 Å². The van der Waals surface area contributed by atoms with Crippen LogP contribution in [0.2, 0.25) is 0 Å². The van der Waals surface area contributed by atoms with Gasteiger partial charge in [-0.1, -0.05) is 30.3 Å². The van der Waals surface area contributed by atoms with E-state index in [0.717, 1.165) is 24.3 Å². The van der Waals surface area contributed by atoms with Crippen LogP contribution in [0.3, 0.4) is 0 Å². The normalized spacial score (nSPS) is 14.0. The van der Waals surface area contributed by atoms with Crippen LogP contribution in [0.15, 0.2) is 54.6 Å². The maximum atomic E-state index is 12.0. The number of carbonyl (C=O) groups is 2. The van der Waals surface area contributed by atoms with Crippen molar-refractivity contribution >= 4 is 23.2 Å². The Morgan fingerprint density at radius 3 is 2.20 bits per heavy atom. The Morgan fingerprint density at radius 2 is 1.52 bits per heavy atom. The van der Waals surface area contributed by atoms with Gasteiger partial charge in [0.05, 0.1) is 0 Å². The highest BCUT2D eigenvalue weighted by atomic mass is 16.2. The largest absolute Gasteiger partial charge is 0.372 e. The molecule has 1 aliphatic rings. The van der Waals surface area contributed by atoms with Crippen LogP contribution in [0.25, 0.3) is 0 Å². The molecule has 0 atom stereocenters. The van der Waals surface area contributed by atoms with Crippen LogP contribution in [0.1, 0.15) is 24.8 Å². The van der Waals surface area contributed by atoms with Gasteiger partial charge in [-0.25, -0.2) is 0 Å². The van der Waals surface area contributed by atoms with Crippen molar-refractivity contribution in [3.63, 3.8) is 0 Å². The summed E-state index contributed by atoms with van der Waals surface area (Å²) in [6.07, 6.45) is 3.74. The predicted molar refractivity (Wildman–Crippen MR) is 99.4 cm³/mol. The second kappa shape index (κ2) is 8.33. The van der Waals surface area contributed by atoms with Gasteiger partial charge in [0.1, 0.15) is 0 Å². The lowest BCUT2D eigenvalue weighted by Gasteiger charge is -2.28. The summed E-state index contributed by atoms with van der Waals surface area (Å²) in [5.41, 5.74) is 2.74. The van der Waals surface area contributed by atoms with E-state index in [4.69, 9.17) is 0 Å². The van der Waals surface area contributed by atoms with Gasteiger partial charge in [-0.3, -0.25) is 9.59 Å². The third-order valence-electron chi connectivity index (χ3n) is 4.35. The van der Waals surface area contributed by atoms with E-state index in [1.807, 2.05) is 54.6 Å². The van der Waals surface area contributed by atoms with Gasteiger partial charge in [-0.05, 0) is 49.1 Å². The standard InChI is InChI=1S/C20H23N3O2/c24-19(21-15-16-7-3-1-4-8-16)20(25)22-17-9-11-18(12-10-17)23-13-5-2-6-14-23/h1,3-4,7-12H,2,5-6,13-15H2,(H,21,24)(H,22,25). The first-order valence-electron chi connectivity index (χ1n) is 8.70. The van der Waals surface area contributed by atoms with Gasteiger partial charge in [0, 0.05) is 31.0 Å². The number of rotatable bonds is 4. The van der Waals surface area contributed by atoms with Gasteiger partial charge in [0.15, 0.2) is 0 Å². The molecule has 0 unspecified atom stereocenters. The molecule has 2 amide bonds. The average Bonchev–Trinajstić information content (AvgIpc) is 2.68. The summed E-state index contributed by atoms with van der Waals surface area (Å²) in [7, 11) is 0. The van der Waals surface area contributed by atoms with Crippen molar-refractivity contribution in [2.24, 2.45) is 0 Å². The van der Waals surface area contributed by atoms with E-state index in [1.54, 1.807) is 0 Å². The lowest BCUT2D eigenvalue weighted by atomic mass is 10.1. The molecule has 0 aromatic heterocycles. The lowest BCUT2D eigenvalue weighted by molar-refractivity contribution is -0.136. The maximum absolute atomic E-state index is 12.0. The van der Waals surface area contributed by atoms with E-state index in [2.05, 4.69) is 15.5 Å². The van der Waals surface area contributed by atoms with Crippen LogP contribution in [0.4, 0.5) is 11.4 Å². The molecule has 0 saturated carbocycles. The number of carbonyl (C=O) groups excluding carboxylic acids is 2. The molecular weight excluding hydrogens is 314 g/mol. The molecule has 0 spiro atoms. The van der Waals surface area contributed by atoms with Gasteiger partial charge in [-0.2, -0.15) is 0 Å². The Bertz CT molecular complexity index is 707. The highest BCUT2D eigenvalue weighted by molar-refractivity contribution is 6.39. The number of nitrogens with one attached hydrogen (secondary N) is 2. The van der Waals surface area contributed by atoms with Crippen molar-refractivity contribution in [3.8, 4) is 0 Å².